The van der Waals surface area contributed by atoms with E-state index in [1.807, 2.05) is 48.5 Å². The molecule has 0 saturated heterocycles. The Labute approximate surface area is 239 Å². The number of esters is 1. The first-order valence-corrected chi connectivity index (χ1v) is 13.7. The molecule has 0 unspecified atom stereocenters. The fourth-order valence-electron chi connectivity index (χ4n) is 6.91. The zero-order valence-corrected chi connectivity index (χ0v) is 23.6. The van der Waals surface area contributed by atoms with Gasteiger partial charge >= 0.3 is 5.97 Å². The molecule has 1 N–H and O–H groups in total. The Bertz CT molecular complexity index is 1450. The van der Waals surface area contributed by atoms with Crippen LogP contribution in [0.4, 0.5) is 5.69 Å². The molecule has 5 rings (SSSR count). The smallest absolute Gasteiger partial charge is 0.312 e. The molecule has 6 atom stereocenters. The van der Waals surface area contributed by atoms with Crippen molar-refractivity contribution >= 4 is 29.6 Å². The lowest BCUT2D eigenvalue weighted by molar-refractivity contribution is -0.179. The van der Waals surface area contributed by atoms with Crippen molar-refractivity contribution in [2.45, 2.75) is 38.2 Å². The molecule has 1 amide bonds. The Morgan fingerprint density at radius 1 is 0.976 bits per heavy atom. The highest BCUT2D eigenvalue weighted by Gasteiger charge is 2.72. The van der Waals surface area contributed by atoms with Gasteiger partial charge in [-0.3, -0.25) is 9.59 Å². The average Bonchev–Trinajstić information content (AvgIpc) is 3.24. The maximum Gasteiger partial charge on any atom is 0.312 e. The Morgan fingerprint density at radius 3 is 2.12 bits per heavy atom. The summed E-state index contributed by atoms with van der Waals surface area (Å²) in [5, 5.41) is 18.4. The summed E-state index contributed by atoms with van der Waals surface area (Å²) in [6.07, 6.45) is 0.663. The van der Waals surface area contributed by atoms with Crippen LogP contribution in [-0.4, -0.2) is 48.3 Å². The van der Waals surface area contributed by atoms with Gasteiger partial charge in [-0.1, -0.05) is 60.7 Å². The van der Waals surface area contributed by atoms with Gasteiger partial charge in [-0.15, -0.1) is 0 Å². The van der Waals surface area contributed by atoms with Gasteiger partial charge in [0.05, 0.1) is 42.6 Å². The first kappa shape index (κ1) is 28.2. The minimum Gasteiger partial charge on any atom is -0.497 e. The molecule has 0 aromatic heterocycles. The highest BCUT2D eigenvalue weighted by atomic mass is 16.5. The lowest BCUT2D eigenvalue weighted by Crippen LogP contribution is -2.66. The van der Waals surface area contributed by atoms with Crippen LogP contribution in [0.15, 0.2) is 90.0 Å². The van der Waals surface area contributed by atoms with Gasteiger partial charge in [0.2, 0.25) is 0 Å². The van der Waals surface area contributed by atoms with Gasteiger partial charge in [0.25, 0.3) is 5.91 Å². The number of amides is 1. The van der Waals surface area contributed by atoms with Crippen LogP contribution >= 0.6 is 0 Å². The topological polar surface area (TPSA) is 106 Å². The molecule has 1 aliphatic carbocycles. The van der Waals surface area contributed by atoms with Crippen molar-refractivity contribution in [2.75, 3.05) is 18.7 Å². The minimum absolute atomic E-state index is 0.0742. The molecule has 1 fully saturated rings. The van der Waals surface area contributed by atoms with E-state index in [1.54, 1.807) is 57.4 Å². The van der Waals surface area contributed by atoms with Crippen LogP contribution in [0.25, 0.3) is 0 Å². The van der Waals surface area contributed by atoms with E-state index in [1.165, 1.54) is 11.9 Å². The summed E-state index contributed by atoms with van der Waals surface area (Å²) in [6.45, 7) is 5.01. The van der Waals surface area contributed by atoms with Crippen LogP contribution < -0.4 is 9.75 Å². The van der Waals surface area contributed by atoms with Crippen molar-refractivity contribution in [1.29, 1.82) is 0 Å². The molecule has 0 radical (unpaired) electrons. The quantitative estimate of drug-likeness (QED) is 0.334. The van der Waals surface area contributed by atoms with Crippen molar-refractivity contribution in [3.63, 3.8) is 0 Å². The summed E-state index contributed by atoms with van der Waals surface area (Å²) in [6, 6.07) is 25.4. The van der Waals surface area contributed by atoms with E-state index in [4.69, 9.17) is 14.6 Å². The second-order valence-electron chi connectivity index (χ2n) is 10.8. The number of hydrogen-bond acceptors (Lipinski definition) is 7. The molecular weight excluding hydrogens is 520 g/mol. The number of carbonyl (C=O) groups excluding carboxylic acids is 3. The fourth-order valence-corrected chi connectivity index (χ4v) is 6.91. The van der Waals surface area contributed by atoms with Crippen molar-refractivity contribution < 1.29 is 29.0 Å². The number of carbonyl (C=O) groups is 3. The van der Waals surface area contributed by atoms with Gasteiger partial charge in [-0.2, -0.15) is 10.1 Å². The number of rotatable bonds is 7. The van der Waals surface area contributed by atoms with E-state index >= 15 is 4.79 Å². The van der Waals surface area contributed by atoms with Gasteiger partial charge in [0.1, 0.15) is 17.5 Å². The predicted molar refractivity (Wildman–Crippen MR) is 155 cm³/mol. The molecule has 1 saturated carbocycles. The van der Waals surface area contributed by atoms with Crippen molar-refractivity contribution in [2.24, 2.45) is 22.4 Å². The number of hydrogen-bond donors (Lipinski definition) is 1. The molecule has 2 aliphatic rings. The lowest BCUT2D eigenvalue weighted by atomic mass is 9.44. The summed E-state index contributed by atoms with van der Waals surface area (Å²) in [4.78, 5) is 41.9. The number of benzene rings is 3. The summed E-state index contributed by atoms with van der Waals surface area (Å²) in [7, 11) is 1.56. The van der Waals surface area contributed by atoms with E-state index in [-0.39, 0.29) is 12.5 Å². The lowest BCUT2D eigenvalue weighted by Gasteiger charge is -2.57. The molecule has 8 heteroatoms. The summed E-state index contributed by atoms with van der Waals surface area (Å²) in [5.74, 6) is -4.65. The summed E-state index contributed by atoms with van der Waals surface area (Å²) < 4.78 is 10.9. The molecule has 0 bridgehead atoms. The number of methoxy groups -OCH3 is 1. The number of hydrazone groups is 1. The molecule has 1 aliphatic heterocycles. The molecule has 1 spiro atoms. The van der Waals surface area contributed by atoms with Gasteiger partial charge < -0.3 is 19.4 Å². The maximum absolute atomic E-state index is 15.0. The van der Waals surface area contributed by atoms with Crippen molar-refractivity contribution in [3.05, 3.63) is 96.1 Å². The number of nitrogens with zero attached hydrogens (tertiary/aromatic N) is 2. The summed E-state index contributed by atoms with van der Waals surface area (Å²) >= 11 is 0. The zero-order chi connectivity index (χ0) is 29.4. The first-order valence-electron chi connectivity index (χ1n) is 13.7. The van der Waals surface area contributed by atoms with Gasteiger partial charge in [-0.05, 0) is 56.2 Å². The van der Waals surface area contributed by atoms with Crippen molar-refractivity contribution in [1.82, 2.24) is 0 Å². The van der Waals surface area contributed by atoms with Crippen LogP contribution in [0.1, 0.15) is 43.7 Å². The molecule has 3 aromatic rings. The van der Waals surface area contributed by atoms with E-state index in [2.05, 4.69) is 0 Å². The summed E-state index contributed by atoms with van der Waals surface area (Å²) in [5.41, 5.74) is -1.09. The number of ether oxygens (including phenoxy) is 2. The van der Waals surface area contributed by atoms with E-state index < -0.39 is 40.7 Å². The van der Waals surface area contributed by atoms with E-state index in [9.17, 15) is 14.7 Å². The molecule has 212 valence electrons. The van der Waals surface area contributed by atoms with Crippen LogP contribution in [0, 0.1) is 17.3 Å². The molecule has 3 aromatic carbocycles. The molecular formula is C33H34N2O6. The second-order valence-corrected chi connectivity index (χ2v) is 10.8. The van der Waals surface area contributed by atoms with Gasteiger partial charge in [0, 0.05) is 11.8 Å². The van der Waals surface area contributed by atoms with Crippen LogP contribution in [0.5, 0.6) is 5.75 Å². The van der Waals surface area contributed by atoms with Crippen LogP contribution in [-0.2, 0) is 19.1 Å². The normalized spacial score (nSPS) is 29.2. The standard InChI is InChI=1S/C33H34N2O6/c1-5-41-30(37)29-28(22-12-8-6-9-13-22)33(21(2)34-35(31(33)38)24-14-10-7-11-15-24)27(26(20-36)32(29,3)39)23-16-18-25(40-4)19-17-23/h6-20,26-29,39H,5H2,1-4H3/t26-,27-,28+,29-,32-,33-/m1/s1. The third kappa shape index (κ3) is 4.34. The highest BCUT2D eigenvalue weighted by molar-refractivity contribution is 6.21. The molecule has 1 heterocycles. The number of para-hydroxylation sites is 1. The Kier molecular flexibility index (Phi) is 7.53. The number of aldehydes is 1. The van der Waals surface area contributed by atoms with E-state index in [0.717, 1.165) is 0 Å². The highest BCUT2D eigenvalue weighted by Crippen LogP contribution is 2.65. The van der Waals surface area contributed by atoms with Crippen molar-refractivity contribution in [3.8, 4) is 5.75 Å². The monoisotopic (exact) mass is 554 g/mol. The Balaban J connectivity index is 1.87. The number of aliphatic hydroxyl groups is 1. The third-order valence-corrected chi connectivity index (χ3v) is 8.69. The predicted octanol–water partition coefficient (Wildman–Crippen LogP) is 4.73. The second kappa shape index (κ2) is 10.9. The maximum atomic E-state index is 15.0. The van der Waals surface area contributed by atoms with Gasteiger partial charge in [-0.25, -0.2) is 0 Å². The largest absolute Gasteiger partial charge is 0.497 e. The van der Waals surface area contributed by atoms with Gasteiger partial charge in [0.15, 0.2) is 0 Å². The Hall–Kier alpha value is -4.30. The Morgan fingerprint density at radius 2 is 1.56 bits per heavy atom. The zero-order valence-electron chi connectivity index (χ0n) is 23.6. The van der Waals surface area contributed by atoms with Crippen LogP contribution in [0.2, 0.25) is 0 Å². The van der Waals surface area contributed by atoms with Crippen LogP contribution in [0.3, 0.4) is 0 Å². The SMILES string of the molecule is CCOC(=O)[C@H]1[C@H](c2ccccc2)[C@]2(C(=O)N(c3ccccc3)N=C2C)[C@H](c2ccc(OC)cc2)[C@@H](C=O)[C@@]1(C)O. The third-order valence-electron chi connectivity index (χ3n) is 8.69. The van der Waals surface area contributed by atoms with E-state index in [0.29, 0.717) is 34.6 Å². The average molecular weight is 555 g/mol. The number of anilines is 1. The fraction of sp³-hybridized carbons (Fsp3) is 0.333. The minimum atomic E-state index is -1.87. The molecule has 8 nitrogen and oxygen atoms in total. The first-order chi connectivity index (χ1) is 19.7. The molecule has 41 heavy (non-hydrogen) atoms.